The number of piperazine rings is 1. The van der Waals surface area contributed by atoms with Gasteiger partial charge >= 0.3 is 0 Å². The molecule has 1 saturated heterocycles. The van der Waals surface area contributed by atoms with Gasteiger partial charge in [0.25, 0.3) is 0 Å². The Morgan fingerprint density at radius 2 is 1.92 bits per heavy atom. The summed E-state index contributed by atoms with van der Waals surface area (Å²) in [5.41, 5.74) is 4.14. The zero-order valence-corrected chi connectivity index (χ0v) is 15.4. The fourth-order valence-corrected chi connectivity index (χ4v) is 3.62. The van der Waals surface area contributed by atoms with E-state index >= 15 is 0 Å². The summed E-state index contributed by atoms with van der Waals surface area (Å²) in [5.74, 6) is 0.0105. The number of para-hydroxylation sites is 1. The van der Waals surface area contributed by atoms with E-state index in [2.05, 4.69) is 15.5 Å². The third kappa shape index (κ3) is 4.21. The van der Waals surface area contributed by atoms with Crippen LogP contribution in [0.5, 0.6) is 0 Å². The van der Waals surface area contributed by atoms with Crippen molar-refractivity contribution in [3.05, 3.63) is 64.2 Å². The van der Waals surface area contributed by atoms with Crippen LogP contribution in [0.2, 0.25) is 5.02 Å². The van der Waals surface area contributed by atoms with Gasteiger partial charge in [-0.1, -0.05) is 48.0 Å². The molecule has 0 saturated carbocycles. The van der Waals surface area contributed by atoms with Crippen molar-refractivity contribution in [3.8, 4) is 0 Å². The van der Waals surface area contributed by atoms with Gasteiger partial charge in [-0.2, -0.15) is 0 Å². The first-order chi connectivity index (χ1) is 12.1. The van der Waals surface area contributed by atoms with Crippen molar-refractivity contribution in [1.29, 1.82) is 0 Å². The molecule has 25 heavy (non-hydrogen) atoms. The average Bonchev–Trinajstić information content (AvgIpc) is 2.59. The maximum atomic E-state index is 12.6. The SMILES string of the molecule is Cc1cccc(C)c1NC(=O)CN1CCNCC1c1ccccc1Cl. The van der Waals surface area contributed by atoms with Crippen molar-refractivity contribution in [2.45, 2.75) is 19.9 Å². The lowest BCUT2D eigenvalue weighted by Crippen LogP contribution is -2.48. The lowest BCUT2D eigenvalue weighted by Gasteiger charge is -2.36. The number of aryl methyl sites for hydroxylation is 2. The standard InChI is InChI=1S/C20H24ClN3O/c1-14-6-5-7-15(2)20(14)23-19(25)13-24-11-10-22-12-18(24)16-8-3-4-9-17(16)21/h3-9,18,22H,10-13H2,1-2H3,(H,23,25). The molecule has 1 aliphatic rings. The van der Waals surface area contributed by atoms with Gasteiger partial charge in [-0.3, -0.25) is 9.69 Å². The second-order valence-corrected chi connectivity index (χ2v) is 6.93. The number of rotatable bonds is 4. The van der Waals surface area contributed by atoms with E-state index in [4.69, 9.17) is 11.6 Å². The van der Waals surface area contributed by atoms with Gasteiger partial charge in [0, 0.05) is 36.4 Å². The summed E-state index contributed by atoms with van der Waals surface area (Å²) in [4.78, 5) is 14.8. The maximum Gasteiger partial charge on any atom is 0.238 e. The minimum atomic E-state index is 0.0105. The van der Waals surface area contributed by atoms with E-state index < -0.39 is 0 Å². The summed E-state index contributed by atoms with van der Waals surface area (Å²) in [7, 11) is 0. The Hall–Kier alpha value is -1.88. The van der Waals surface area contributed by atoms with Crippen molar-refractivity contribution >= 4 is 23.2 Å². The molecule has 0 radical (unpaired) electrons. The van der Waals surface area contributed by atoms with E-state index in [0.29, 0.717) is 6.54 Å². The lowest BCUT2D eigenvalue weighted by molar-refractivity contribution is -0.118. The van der Waals surface area contributed by atoms with Crippen molar-refractivity contribution in [3.63, 3.8) is 0 Å². The molecule has 4 nitrogen and oxygen atoms in total. The van der Waals surface area contributed by atoms with Crippen molar-refractivity contribution in [2.24, 2.45) is 0 Å². The van der Waals surface area contributed by atoms with Crippen molar-refractivity contribution in [1.82, 2.24) is 10.2 Å². The Balaban J connectivity index is 1.73. The topological polar surface area (TPSA) is 44.4 Å². The molecule has 1 aliphatic heterocycles. The number of carbonyl (C=O) groups is 1. The number of benzene rings is 2. The second kappa shape index (κ2) is 8.00. The number of carbonyl (C=O) groups excluding carboxylic acids is 1. The van der Waals surface area contributed by atoms with Crippen molar-refractivity contribution < 1.29 is 4.79 Å². The monoisotopic (exact) mass is 357 g/mol. The van der Waals surface area contributed by atoms with Gasteiger partial charge < -0.3 is 10.6 Å². The third-order valence-electron chi connectivity index (χ3n) is 4.71. The van der Waals surface area contributed by atoms with Crippen LogP contribution in [0.4, 0.5) is 5.69 Å². The largest absolute Gasteiger partial charge is 0.324 e. The van der Waals surface area contributed by atoms with Gasteiger partial charge in [-0.25, -0.2) is 0 Å². The number of halogens is 1. The van der Waals surface area contributed by atoms with Crippen LogP contribution >= 0.6 is 11.6 Å². The molecule has 1 atom stereocenters. The van der Waals surface area contributed by atoms with Crippen LogP contribution in [-0.2, 0) is 4.79 Å². The van der Waals surface area contributed by atoms with Crippen LogP contribution < -0.4 is 10.6 Å². The quantitative estimate of drug-likeness (QED) is 0.879. The number of nitrogens with zero attached hydrogens (tertiary/aromatic N) is 1. The summed E-state index contributed by atoms with van der Waals surface area (Å²) in [6, 6.07) is 14.0. The van der Waals surface area contributed by atoms with E-state index in [9.17, 15) is 4.79 Å². The first-order valence-electron chi connectivity index (χ1n) is 8.61. The molecule has 0 aromatic heterocycles. The summed E-state index contributed by atoms with van der Waals surface area (Å²) in [6.45, 7) is 6.86. The van der Waals surface area contributed by atoms with Crippen molar-refractivity contribution in [2.75, 3.05) is 31.5 Å². The molecule has 1 fully saturated rings. The van der Waals surface area contributed by atoms with Crippen LogP contribution in [0.3, 0.4) is 0 Å². The van der Waals surface area contributed by atoms with Gasteiger partial charge in [0.05, 0.1) is 6.54 Å². The lowest BCUT2D eigenvalue weighted by atomic mass is 10.0. The van der Waals surface area contributed by atoms with Gasteiger partial charge in [0.15, 0.2) is 0 Å². The zero-order chi connectivity index (χ0) is 17.8. The molecule has 1 amide bonds. The number of nitrogens with one attached hydrogen (secondary N) is 2. The first kappa shape index (κ1) is 17.9. The molecule has 3 rings (SSSR count). The normalized spacial score (nSPS) is 18.1. The van der Waals surface area contributed by atoms with E-state index in [1.807, 2.05) is 56.3 Å². The second-order valence-electron chi connectivity index (χ2n) is 6.53. The average molecular weight is 358 g/mol. The number of hydrogen-bond acceptors (Lipinski definition) is 3. The highest BCUT2D eigenvalue weighted by molar-refractivity contribution is 6.31. The molecule has 0 aliphatic carbocycles. The molecule has 5 heteroatoms. The molecule has 1 heterocycles. The van der Waals surface area contributed by atoms with Gasteiger partial charge in [-0.15, -0.1) is 0 Å². The minimum absolute atomic E-state index is 0.0105. The summed E-state index contributed by atoms with van der Waals surface area (Å²) in [6.07, 6.45) is 0. The Bertz CT molecular complexity index is 742. The molecule has 132 valence electrons. The van der Waals surface area contributed by atoms with Crippen LogP contribution in [0.25, 0.3) is 0 Å². The van der Waals surface area contributed by atoms with Gasteiger partial charge in [-0.05, 0) is 36.6 Å². The number of anilines is 1. The minimum Gasteiger partial charge on any atom is -0.324 e. The fraction of sp³-hybridized carbons (Fsp3) is 0.350. The zero-order valence-electron chi connectivity index (χ0n) is 14.7. The molecule has 1 unspecified atom stereocenters. The summed E-state index contributed by atoms with van der Waals surface area (Å²) in [5, 5.41) is 7.22. The number of hydrogen-bond donors (Lipinski definition) is 2. The van der Waals surface area contributed by atoms with Crippen LogP contribution in [-0.4, -0.2) is 37.0 Å². The highest BCUT2D eigenvalue weighted by Gasteiger charge is 2.27. The van der Waals surface area contributed by atoms with Gasteiger partial charge in [0.1, 0.15) is 0 Å². The molecule has 0 spiro atoms. The Morgan fingerprint density at radius 3 is 2.64 bits per heavy atom. The van der Waals surface area contributed by atoms with E-state index in [-0.39, 0.29) is 11.9 Å². The highest BCUT2D eigenvalue weighted by atomic mass is 35.5. The fourth-order valence-electron chi connectivity index (χ4n) is 3.36. The predicted molar refractivity (Wildman–Crippen MR) is 103 cm³/mol. The third-order valence-corrected chi connectivity index (χ3v) is 5.05. The summed E-state index contributed by atoms with van der Waals surface area (Å²) < 4.78 is 0. The van der Waals surface area contributed by atoms with E-state index in [1.165, 1.54) is 0 Å². The number of amides is 1. The molecule has 0 bridgehead atoms. The highest BCUT2D eigenvalue weighted by Crippen LogP contribution is 2.28. The smallest absolute Gasteiger partial charge is 0.238 e. The van der Waals surface area contributed by atoms with E-state index in [0.717, 1.165) is 47.0 Å². The Kier molecular flexibility index (Phi) is 5.74. The van der Waals surface area contributed by atoms with Crippen LogP contribution in [0, 0.1) is 13.8 Å². The maximum absolute atomic E-state index is 12.6. The van der Waals surface area contributed by atoms with Gasteiger partial charge in [0.2, 0.25) is 5.91 Å². The molecular formula is C20H24ClN3O. The summed E-state index contributed by atoms with van der Waals surface area (Å²) >= 11 is 6.38. The first-order valence-corrected chi connectivity index (χ1v) is 8.99. The Morgan fingerprint density at radius 1 is 1.20 bits per heavy atom. The van der Waals surface area contributed by atoms with Crippen LogP contribution in [0.15, 0.2) is 42.5 Å². The van der Waals surface area contributed by atoms with E-state index in [1.54, 1.807) is 0 Å². The molecule has 2 aromatic rings. The Labute approximate surface area is 154 Å². The predicted octanol–water partition coefficient (Wildman–Crippen LogP) is 3.54. The van der Waals surface area contributed by atoms with Crippen LogP contribution in [0.1, 0.15) is 22.7 Å². The molecule has 2 N–H and O–H groups in total. The molecular weight excluding hydrogens is 334 g/mol. The molecule has 2 aromatic carbocycles.